The van der Waals surface area contributed by atoms with E-state index in [1.54, 1.807) is 0 Å². The standard InChI is InChI=1S/C29H20O3/c1-2-6-19-10-23-14-25-24(11-22(23)9-18(19)5-1)15-28(29-31-16-30-17-32-29)27-13-21-8-4-3-7-20(21)12-26(25)27/h1-15,29H,16-17H2. The van der Waals surface area contributed by atoms with E-state index in [0.29, 0.717) is 0 Å². The zero-order valence-corrected chi connectivity index (χ0v) is 17.4. The van der Waals surface area contributed by atoms with Gasteiger partial charge in [0.15, 0.2) is 19.9 Å². The Morgan fingerprint density at radius 1 is 0.469 bits per heavy atom. The van der Waals surface area contributed by atoms with Crippen LogP contribution in [0.5, 0.6) is 0 Å². The van der Waals surface area contributed by atoms with E-state index in [9.17, 15) is 0 Å². The second kappa shape index (κ2) is 7.01. The van der Waals surface area contributed by atoms with Crippen molar-refractivity contribution in [3.8, 4) is 0 Å². The molecule has 1 heterocycles. The lowest BCUT2D eigenvalue weighted by atomic mass is 9.92. The predicted octanol–water partition coefficient (Wildman–Crippen LogP) is 7.43. The van der Waals surface area contributed by atoms with Crippen LogP contribution in [0.1, 0.15) is 11.9 Å². The second-order valence-electron chi connectivity index (χ2n) is 8.44. The molecular formula is C29H20O3. The smallest absolute Gasteiger partial charge is 0.189 e. The van der Waals surface area contributed by atoms with Gasteiger partial charge in [-0.25, -0.2) is 0 Å². The summed E-state index contributed by atoms with van der Waals surface area (Å²) in [5.41, 5.74) is 1.04. The number of ether oxygens (including phenoxy) is 3. The SMILES string of the molecule is c1ccc2cc3cc4c(cc(C5OCOCO5)c5cc6ccccc6cc54)cc3cc2c1. The number of hydrogen-bond donors (Lipinski definition) is 0. The first-order chi connectivity index (χ1) is 15.8. The summed E-state index contributed by atoms with van der Waals surface area (Å²) in [4.78, 5) is 0. The summed E-state index contributed by atoms with van der Waals surface area (Å²) in [7, 11) is 0. The minimum Gasteiger partial charge on any atom is -0.329 e. The molecule has 1 aliphatic rings. The van der Waals surface area contributed by atoms with Crippen molar-refractivity contribution in [2.24, 2.45) is 0 Å². The third kappa shape index (κ3) is 2.80. The largest absolute Gasteiger partial charge is 0.329 e. The highest BCUT2D eigenvalue weighted by molar-refractivity contribution is 6.17. The lowest BCUT2D eigenvalue weighted by Crippen LogP contribution is -2.20. The van der Waals surface area contributed by atoms with Crippen molar-refractivity contribution < 1.29 is 14.2 Å². The van der Waals surface area contributed by atoms with E-state index in [1.807, 2.05) is 0 Å². The Hall–Kier alpha value is -3.50. The molecule has 0 amide bonds. The first kappa shape index (κ1) is 18.1. The summed E-state index contributed by atoms with van der Waals surface area (Å²) in [5, 5.41) is 12.2. The van der Waals surface area contributed by atoms with Gasteiger partial charge in [0.05, 0.1) is 0 Å². The topological polar surface area (TPSA) is 27.7 Å². The average molecular weight is 416 g/mol. The van der Waals surface area contributed by atoms with Gasteiger partial charge in [-0.15, -0.1) is 0 Å². The van der Waals surface area contributed by atoms with Gasteiger partial charge in [0.2, 0.25) is 0 Å². The van der Waals surface area contributed by atoms with Gasteiger partial charge in [-0.3, -0.25) is 0 Å². The Bertz CT molecular complexity index is 1660. The number of rotatable bonds is 1. The molecule has 0 saturated carbocycles. The van der Waals surface area contributed by atoms with Gasteiger partial charge >= 0.3 is 0 Å². The summed E-state index contributed by atoms with van der Waals surface area (Å²) in [5.74, 6) is 0. The average Bonchev–Trinajstić information content (AvgIpc) is 2.85. The maximum absolute atomic E-state index is 5.83. The lowest BCUT2D eigenvalue weighted by molar-refractivity contribution is -0.302. The highest BCUT2D eigenvalue weighted by Gasteiger charge is 2.21. The molecule has 0 unspecified atom stereocenters. The molecule has 6 aromatic carbocycles. The molecule has 0 aromatic heterocycles. The fourth-order valence-electron chi connectivity index (χ4n) is 4.99. The quantitative estimate of drug-likeness (QED) is 0.206. The third-order valence-electron chi connectivity index (χ3n) is 6.53. The fraction of sp³-hybridized carbons (Fsp3) is 0.103. The summed E-state index contributed by atoms with van der Waals surface area (Å²) < 4.78 is 16.9. The van der Waals surface area contributed by atoms with E-state index in [0.717, 1.165) is 10.9 Å². The number of hydrogen-bond acceptors (Lipinski definition) is 3. The van der Waals surface area contributed by atoms with Gasteiger partial charge in [0.25, 0.3) is 0 Å². The summed E-state index contributed by atoms with van der Waals surface area (Å²) in [6.45, 7) is 0.475. The normalized spacial score (nSPS) is 15.4. The van der Waals surface area contributed by atoms with E-state index in [4.69, 9.17) is 14.2 Å². The molecule has 0 radical (unpaired) electrons. The van der Waals surface area contributed by atoms with Crippen molar-refractivity contribution in [3.05, 3.63) is 96.6 Å². The van der Waals surface area contributed by atoms with Gasteiger partial charge in [-0.2, -0.15) is 0 Å². The van der Waals surface area contributed by atoms with Gasteiger partial charge in [0.1, 0.15) is 0 Å². The van der Waals surface area contributed by atoms with E-state index >= 15 is 0 Å². The van der Waals surface area contributed by atoms with Crippen LogP contribution >= 0.6 is 0 Å². The van der Waals surface area contributed by atoms with Crippen molar-refractivity contribution in [2.75, 3.05) is 13.6 Å². The molecule has 0 atom stereocenters. The van der Waals surface area contributed by atoms with E-state index in [-0.39, 0.29) is 13.6 Å². The predicted molar refractivity (Wildman–Crippen MR) is 130 cm³/mol. The van der Waals surface area contributed by atoms with E-state index in [1.165, 1.54) is 48.5 Å². The van der Waals surface area contributed by atoms with Gasteiger partial charge < -0.3 is 14.2 Å². The van der Waals surface area contributed by atoms with Crippen LogP contribution in [0, 0.1) is 0 Å². The molecular weight excluding hydrogens is 396 g/mol. The molecule has 32 heavy (non-hydrogen) atoms. The van der Waals surface area contributed by atoms with Crippen molar-refractivity contribution in [1.82, 2.24) is 0 Å². The minimum absolute atomic E-state index is 0.238. The van der Waals surface area contributed by atoms with Crippen LogP contribution in [0.15, 0.2) is 91.0 Å². The summed E-state index contributed by atoms with van der Waals surface area (Å²) in [6, 6.07) is 33.0. The van der Waals surface area contributed by atoms with Crippen molar-refractivity contribution in [2.45, 2.75) is 6.29 Å². The van der Waals surface area contributed by atoms with Gasteiger partial charge in [-0.05, 0) is 96.3 Å². The van der Waals surface area contributed by atoms with Crippen LogP contribution in [0.2, 0.25) is 0 Å². The van der Waals surface area contributed by atoms with Gasteiger partial charge in [0, 0.05) is 5.56 Å². The highest BCUT2D eigenvalue weighted by Crippen LogP contribution is 2.39. The van der Waals surface area contributed by atoms with Crippen LogP contribution in [0.25, 0.3) is 53.9 Å². The molecule has 0 aliphatic carbocycles. The first-order valence-electron chi connectivity index (χ1n) is 10.9. The monoisotopic (exact) mass is 416 g/mol. The molecule has 1 saturated heterocycles. The van der Waals surface area contributed by atoms with Crippen LogP contribution in [-0.4, -0.2) is 13.6 Å². The molecule has 3 heteroatoms. The Kier molecular flexibility index (Phi) is 3.96. The van der Waals surface area contributed by atoms with Crippen LogP contribution < -0.4 is 0 Å². The van der Waals surface area contributed by atoms with Crippen LogP contribution in [-0.2, 0) is 14.2 Å². The van der Waals surface area contributed by atoms with Crippen molar-refractivity contribution >= 4 is 53.9 Å². The molecule has 0 bridgehead atoms. The Morgan fingerprint density at radius 3 is 1.62 bits per heavy atom. The number of benzene rings is 6. The molecule has 0 spiro atoms. The highest BCUT2D eigenvalue weighted by atomic mass is 16.8. The van der Waals surface area contributed by atoms with Crippen molar-refractivity contribution in [1.29, 1.82) is 0 Å². The van der Waals surface area contributed by atoms with Crippen LogP contribution in [0.4, 0.5) is 0 Å². The maximum Gasteiger partial charge on any atom is 0.189 e. The second-order valence-corrected chi connectivity index (χ2v) is 8.44. The lowest BCUT2D eigenvalue weighted by Gasteiger charge is -2.25. The minimum atomic E-state index is -0.441. The number of fused-ring (bicyclic) bond motifs is 6. The molecule has 0 N–H and O–H groups in total. The van der Waals surface area contributed by atoms with E-state index < -0.39 is 6.29 Å². The molecule has 3 nitrogen and oxygen atoms in total. The molecule has 7 rings (SSSR count). The Labute approximate surface area is 184 Å². The van der Waals surface area contributed by atoms with Crippen molar-refractivity contribution in [3.63, 3.8) is 0 Å². The first-order valence-corrected chi connectivity index (χ1v) is 10.9. The van der Waals surface area contributed by atoms with Gasteiger partial charge in [-0.1, -0.05) is 48.5 Å². The van der Waals surface area contributed by atoms with E-state index in [2.05, 4.69) is 91.0 Å². The molecule has 1 fully saturated rings. The maximum atomic E-state index is 5.83. The Balaban J connectivity index is 1.61. The zero-order valence-electron chi connectivity index (χ0n) is 17.4. The molecule has 1 aliphatic heterocycles. The fourth-order valence-corrected chi connectivity index (χ4v) is 4.99. The summed E-state index contributed by atoms with van der Waals surface area (Å²) >= 11 is 0. The molecule has 154 valence electrons. The summed E-state index contributed by atoms with van der Waals surface area (Å²) in [6.07, 6.45) is -0.441. The zero-order chi connectivity index (χ0) is 21.1. The Morgan fingerprint density at radius 2 is 0.969 bits per heavy atom. The van der Waals surface area contributed by atoms with Crippen LogP contribution in [0.3, 0.4) is 0 Å². The molecule has 6 aromatic rings. The third-order valence-corrected chi connectivity index (χ3v) is 6.53.